The summed E-state index contributed by atoms with van der Waals surface area (Å²) in [5.74, 6) is 5.53. The largest absolute Gasteiger partial charge is 0.271 e. The summed E-state index contributed by atoms with van der Waals surface area (Å²) in [7, 11) is 0. The van der Waals surface area contributed by atoms with Crippen LogP contribution in [0, 0.1) is 0 Å². The number of rotatable bonds is 6. The molecule has 0 aliphatic carbocycles. The molecule has 1 heterocycles. The number of nitrogens with two attached hydrogens (primary N) is 1. The quantitative estimate of drug-likeness (QED) is 0.423. The van der Waals surface area contributed by atoms with Crippen molar-refractivity contribution in [2.45, 2.75) is 39.3 Å². The fourth-order valence-electron chi connectivity index (χ4n) is 1.63. The Morgan fingerprint density at radius 3 is 2.87 bits per heavy atom. The van der Waals surface area contributed by atoms with Crippen molar-refractivity contribution in [1.29, 1.82) is 0 Å². The van der Waals surface area contributed by atoms with Crippen LogP contribution in [0.5, 0.6) is 0 Å². The molecule has 3 N–H and O–H groups in total. The fraction of sp³-hybridized carbons (Fsp3) is 0.545. The molecule has 1 aromatic heterocycles. The lowest BCUT2D eigenvalue weighted by atomic mass is 10.1. The van der Waals surface area contributed by atoms with Gasteiger partial charge >= 0.3 is 0 Å². The van der Waals surface area contributed by atoms with Crippen LogP contribution < -0.4 is 11.3 Å². The van der Waals surface area contributed by atoms with E-state index in [9.17, 15) is 0 Å². The van der Waals surface area contributed by atoms with Gasteiger partial charge in [0.15, 0.2) is 0 Å². The van der Waals surface area contributed by atoms with E-state index in [0.717, 1.165) is 30.8 Å². The Morgan fingerprint density at radius 2 is 2.40 bits per heavy atom. The third kappa shape index (κ3) is 2.67. The van der Waals surface area contributed by atoms with Gasteiger partial charge in [-0.15, -0.1) is 6.58 Å². The number of aromatic nitrogens is 2. The molecule has 0 bridgehead atoms. The summed E-state index contributed by atoms with van der Waals surface area (Å²) in [5, 5.41) is 4.49. The minimum Gasteiger partial charge on any atom is -0.271 e. The van der Waals surface area contributed by atoms with Crippen LogP contribution in [0.3, 0.4) is 0 Å². The first-order chi connectivity index (χ1) is 7.26. The third-order valence-electron chi connectivity index (χ3n) is 2.48. The Balaban J connectivity index is 2.97. The molecule has 4 heteroatoms. The summed E-state index contributed by atoms with van der Waals surface area (Å²) in [6.45, 7) is 8.78. The molecule has 0 saturated heterocycles. The first kappa shape index (κ1) is 11.9. The first-order valence-electron chi connectivity index (χ1n) is 5.40. The van der Waals surface area contributed by atoms with Crippen LogP contribution in [0.2, 0.25) is 0 Å². The maximum atomic E-state index is 5.53. The van der Waals surface area contributed by atoms with Gasteiger partial charge in [0.05, 0.1) is 17.4 Å². The second kappa shape index (κ2) is 5.68. The highest BCUT2D eigenvalue weighted by atomic mass is 15.3. The van der Waals surface area contributed by atoms with Crippen molar-refractivity contribution < 1.29 is 0 Å². The van der Waals surface area contributed by atoms with Gasteiger partial charge in [-0.2, -0.15) is 5.10 Å². The number of aryl methyl sites for hydroxylation is 2. The predicted octanol–water partition coefficient (Wildman–Crippen LogP) is 1.55. The molecule has 0 radical (unpaired) electrons. The molecule has 4 nitrogen and oxygen atoms in total. The zero-order valence-corrected chi connectivity index (χ0v) is 9.53. The highest BCUT2D eigenvalue weighted by Crippen LogP contribution is 2.18. The maximum absolute atomic E-state index is 5.53. The summed E-state index contributed by atoms with van der Waals surface area (Å²) >= 11 is 0. The van der Waals surface area contributed by atoms with E-state index in [0.29, 0.717) is 0 Å². The molecule has 0 spiro atoms. The van der Waals surface area contributed by atoms with Gasteiger partial charge in [-0.1, -0.05) is 13.0 Å². The Morgan fingerprint density at radius 1 is 1.67 bits per heavy atom. The molecule has 0 saturated carbocycles. The Hall–Kier alpha value is -1.13. The number of hydrazine groups is 1. The fourth-order valence-corrected chi connectivity index (χ4v) is 1.63. The third-order valence-corrected chi connectivity index (χ3v) is 2.48. The summed E-state index contributed by atoms with van der Waals surface area (Å²) in [5.41, 5.74) is 5.04. The van der Waals surface area contributed by atoms with Crippen LogP contribution in [0.15, 0.2) is 18.7 Å². The van der Waals surface area contributed by atoms with E-state index < -0.39 is 0 Å². The number of hydrogen-bond donors (Lipinski definition) is 2. The zero-order chi connectivity index (χ0) is 11.3. The average Bonchev–Trinajstić information content (AvgIpc) is 2.68. The second-order valence-electron chi connectivity index (χ2n) is 3.47. The average molecular weight is 208 g/mol. The lowest BCUT2D eigenvalue weighted by molar-refractivity contribution is 0.496. The van der Waals surface area contributed by atoms with Crippen LogP contribution in [0.1, 0.15) is 37.7 Å². The molecule has 0 aromatic carbocycles. The van der Waals surface area contributed by atoms with Crippen molar-refractivity contribution in [1.82, 2.24) is 15.2 Å². The molecular weight excluding hydrogens is 188 g/mol. The molecular formula is C11H20N4. The summed E-state index contributed by atoms with van der Waals surface area (Å²) in [6.07, 6.45) is 3.62. The summed E-state index contributed by atoms with van der Waals surface area (Å²) in [6, 6.07) is 2.22. The monoisotopic (exact) mass is 208 g/mol. The van der Waals surface area contributed by atoms with Gasteiger partial charge in [-0.3, -0.25) is 16.0 Å². The maximum Gasteiger partial charge on any atom is 0.0663 e. The van der Waals surface area contributed by atoms with Gasteiger partial charge in [0, 0.05) is 6.54 Å². The van der Waals surface area contributed by atoms with E-state index in [4.69, 9.17) is 5.84 Å². The first-order valence-corrected chi connectivity index (χ1v) is 5.40. The van der Waals surface area contributed by atoms with Gasteiger partial charge in [0.1, 0.15) is 0 Å². The van der Waals surface area contributed by atoms with Gasteiger partial charge in [0.2, 0.25) is 0 Å². The van der Waals surface area contributed by atoms with Gasteiger partial charge in [0.25, 0.3) is 0 Å². The molecule has 1 atom stereocenters. The number of hydrogen-bond acceptors (Lipinski definition) is 3. The smallest absolute Gasteiger partial charge is 0.0663 e. The van der Waals surface area contributed by atoms with Crippen LogP contribution >= 0.6 is 0 Å². The lowest BCUT2D eigenvalue weighted by Gasteiger charge is -2.14. The highest BCUT2D eigenvalue weighted by molar-refractivity contribution is 5.15. The van der Waals surface area contributed by atoms with Crippen molar-refractivity contribution in [3.63, 3.8) is 0 Å². The van der Waals surface area contributed by atoms with Crippen molar-refractivity contribution in [2.75, 3.05) is 0 Å². The van der Waals surface area contributed by atoms with E-state index >= 15 is 0 Å². The minimum atomic E-state index is 0.107. The molecule has 0 amide bonds. The SMILES string of the molecule is C=CCC(NN)c1cc(CC)nn1CC. The normalized spacial score (nSPS) is 12.7. The molecule has 1 aromatic rings. The minimum absolute atomic E-state index is 0.107. The molecule has 84 valence electrons. The highest BCUT2D eigenvalue weighted by Gasteiger charge is 2.14. The topological polar surface area (TPSA) is 55.9 Å². The van der Waals surface area contributed by atoms with Gasteiger partial charge in [-0.05, 0) is 25.8 Å². The standard InChI is InChI=1S/C11H20N4/c1-4-7-10(13-12)11-8-9(5-2)14-15(11)6-3/h4,8,10,13H,1,5-7,12H2,2-3H3. The van der Waals surface area contributed by atoms with Gasteiger partial charge in [-0.25, -0.2) is 0 Å². The molecule has 1 rings (SSSR count). The van der Waals surface area contributed by atoms with Crippen LogP contribution in [0.4, 0.5) is 0 Å². The predicted molar refractivity (Wildman–Crippen MR) is 62.2 cm³/mol. The van der Waals surface area contributed by atoms with Crippen LogP contribution in [0.25, 0.3) is 0 Å². The van der Waals surface area contributed by atoms with Crippen molar-refractivity contribution >= 4 is 0 Å². The van der Waals surface area contributed by atoms with E-state index in [-0.39, 0.29) is 6.04 Å². The number of nitrogens with zero attached hydrogens (tertiary/aromatic N) is 2. The van der Waals surface area contributed by atoms with E-state index in [1.165, 1.54) is 0 Å². The van der Waals surface area contributed by atoms with Crippen molar-refractivity contribution in [2.24, 2.45) is 5.84 Å². The lowest BCUT2D eigenvalue weighted by Crippen LogP contribution is -2.29. The Labute approximate surface area is 91.1 Å². The second-order valence-corrected chi connectivity index (χ2v) is 3.47. The molecule has 0 aliphatic heterocycles. The van der Waals surface area contributed by atoms with Crippen molar-refractivity contribution in [3.05, 3.63) is 30.1 Å². The van der Waals surface area contributed by atoms with Crippen LogP contribution in [-0.4, -0.2) is 9.78 Å². The Bertz CT molecular complexity index is 316. The summed E-state index contributed by atoms with van der Waals surface area (Å²) < 4.78 is 1.99. The number of nitrogens with one attached hydrogen (secondary N) is 1. The molecule has 15 heavy (non-hydrogen) atoms. The molecule has 1 unspecified atom stereocenters. The van der Waals surface area contributed by atoms with Crippen molar-refractivity contribution in [3.8, 4) is 0 Å². The van der Waals surface area contributed by atoms with Gasteiger partial charge < -0.3 is 0 Å². The zero-order valence-electron chi connectivity index (χ0n) is 9.53. The van der Waals surface area contributed by atoms with Crippen LogP contribution in [-0.2, 0) is 13.0 Å². The molecule has 0 fully saturated rings. The van der Waals surface area contributed by atoms with E-state index in [1.807, 2.05) is 10.8 Å². The molecule has 0 aliphatic rings. The van der Waals surface area contributed by atoms with E-state index in [2.05, 4.69) is 37.0 Å². The van der Waals surface area contributed by atoms with E-state index in [1.54, 1.807) is 0 Å². The Kier molecular flexibility index (Phi) is 4.52. The summed E-state index contributed by atoms with van der Waals surface area (Å²) in [4.78, 5) is 0.